The largest absolute Gasteiger partial charge is 0.385 e. The van der Waals surface area contributed by atoms with E-state index in [4.69, 9.17) is 0 Å². The van der Waals surface area contributed by atoms with Gasteiger partial charge in [0.15, 0.2) is 0 Å². The average Bonchev–Trinajstić information content (AvgIpc) is 2.18. The van der Waals surface area contributed by atoms with E-state index in [1.165, 1.54) is 18.4 Å². The van der Waals surface area contributed by atoms with Gasteiger partial charge in [-0.2, -0.15) is 0 Å². The molecule has 0 saturated heterocycles. The highest BCUT2D eigenvalue weighted by Gasteiger charge is 2.23. The first-order valence-corrected chi connectivity index (χ1v) is 5.86. The van der Waals surface area contributed by atoms with Gasteiger partial charge in [-0.15, -0.1) is 0 Å². The second kappa shape index (κ2) is 5.32. The summed E-state index contributed by atoms with van der Waals surface area (Å²) in [7, 11) is 0. The predicted octanol–water partition coefficient (Wildman–Crippen LogP) is 3.78. The minimum Gasteiger partial charge on any atom is -0.385 e. The summed E-state index contributed by atoms with van der Waals surface area (Å²) in [5, 5.41) is 10.4. The molecule has 1 nitrogen and oxygen atoms in total. The first kappa shape index (κ1) is 12.3. The van der Waals surface area contributed by atoms with E-state index in [2.05, 4.69) is 19.9 Å². The molecule has 1 aromatic carbocycles. The van der Waals surface area contributed by atoms with Crippen LogP contribution in [0.3, 0.4) is 0 Å². The van der Waals surface area contributed by atoms with Crippen molar-refractivity contribution in [3.63, 3.8) is 0 Å². The molecular formula is C14H22O. The van der Waals surface area contributed by atoms with Crippen LogP contribution in [0.25, 0.3) is 0 Å². The van der Waals surface area contributed by atoms with Gasteiger partial charge < -0.3 is 5.11 Å². The lowest BCUT2D eigenvalue weighted by Crippen LogP contribution is -2.22. The summed E-state index contributed by atoms with van der Waals surface area (Å²) in [6.45, 7) is 6.16. The summed E-state index contributed by atoms with van der Waals surface area (Å²) in [5.74, 6) is 0. The van der Waals surface area contributed by atoms with Crippen LogP contribution in [0.4, 0.5) is 0 Å². The highest BCUT2D eigenvalue weighted by atomic mass is 16.3. The average molecular weight is 206 g/mol. The molecule has 0 spiro atoms. The molecule has 1 rings (SSSR count). The lowest BCUT2D eigenvalue weighted by Gasteiger charge is -2.25. The number of unbranched alkanes of at least 4 members (excludes halogenated alkanes) is 2. The van der Waals surface area contributed by atoms with Crippen molar-refractivity contribution in [3.05, 3.63) is 35.4 Å². The summed E-state index contributed by atoms with van der Waals surface area (Å²) in [6.07, 6.45) is 4.34. The van der Waals surface area contributed by atoms with E-state index >= 15 is 0 Å². The molecular weight excluding hydrogens is 184 g/mol. The van der Waals surface area contributed by atoms with E-state index in [0.717, 1.165) is 18.4 Å². The highest BCUT2D eigenvalue weighted by molar-refractivity contribution is 5.30. The quantitative estimate of drug-likeness (QED) is 0.727. The molecule has 84 valence electrons. The second-order valence-electron chi connectivity index (χ2n) is 4.55. The van der Waals surface area contributed by atoms with Gasteiger partial charge in [-0.05, 0) is 31.4 Å². The first-order chi connectivity index (χ1) is 7.08. The fourth-order valence-corrected chi connectivity index (χ4v) is 2.03. The molecule has 0 fully saturated rings. The van der Waals surface area contributed by atoms with Crippen LogP contribution in [0.15, 0.2) is 24.3 Å². The number of aryl methyl sites for hydroxylation is 1. The van der Waals surface area contributed by atoms with Gasteiger partial charge in [0.1, 0.15) is 0 Å². The van der Waals surface area contributed by atoms with E-state index < -0.39 is 5.60 Å². The Kier molecular flexibility index (Phi) is 4.34. The molecule has 0 heterocycles. The Bertz CT molecular complexity index is 302. The molecule has 0 aliphatic carbocycles. The van der Waals surface area contributed by atoms with Crippen molar-refractivity contribution in [2.24, 2.45) is 0 Å². The molecule has 0 aliphatic rings. The minimum absolute atomic E-state index is 0.666. The van der Waals surface area contributed by atoms with E-state index in [1.807, 2.05) is 25.1 Å². The number of aliphatic hydroxyl groups is 1. The van der Waals surface area contributed by atoms with Crippen molar-refractivity contribution in [2.75, 3.05) is 0 Å². The molecule has 15 heavy (non-hydrogen) atoms. The van der Waals surface area contributed by atoms with Gasteiger partial charge in [0.2, 0.25) is 0 Å². The van der Waals surface area contributed by atoms with Gasteiger partial charge in [0, 0.05) is 0 Å². The van der Waals surface area contributed by atoms with Crippen LogP contribution in [0.2, 0.25) is 0 Å². The van der Waals surface area contributed by atoms with Crippen LogP contribution in [0.5, 0.6) is 0 Å². The van der Waals surface area contributed by atoms with Crippen LogP contribution in [0.1, 0.15) is 50.7 Å². The van der Waals surface area contributed by atoms with Gasteiger partial charge in [0.05, 0.1) is 5.60 Å². The Morgan fingerprint density at radius 2 is 1.87 bits per heavy atom. The predicted molar refractivity (Wildman–Crippen MR) is 64.9 cm³/mol. The Balaban J connectivity index is 2.72. The zero-order chi connectivity index (χ0) is 11.3. The Hall–Kier alpha value is -0.820. The summed E-state index contributed by atoms with van der Waals surface area (Å²) in [6, 6.07) is 8.10. The van der Waals surface area contributed by atoms with E-state index in [0.29, 0.717) is 0 Å². The summed E-state index contributed by atoms with van der Waals surface area (Å²) >= 11 is 0. The molecule has 1 N–H and O–H groups in total. The van der Waals surface area contributed by atoms with Crippen molar-refractivity contribution in [3.8, 4) is 0 Å². The zero-order valence-corrected chi connectivity index (χ0v) is 10.1. The molecule has 0 saturated carbocycles. The molecule has 0 bridgehead atoms. The van der Waals surface area contributed by atoms with Crippen LogP contribution < -0.4 is 0 Å². The smallest absolute Gasteiger partial charge is 0.0871 e. The van der Waals surface area contributed by atoms with Crippen LogP contribution in [-0.4, -0.2) is 5.11 Å². The van der Waals surface area contributed by atoms with Crippen LogP contribution in [0, 0.1) is 6.92 Å². The van der Waals surface area contributed by atoms with Gasteiger partial charge in [-0.1, -0.05) is 50.5 Å². The molecule has 0 amide bonds. The second-order valence-corrected chi connectivity index (χ2v) is 4.55. The molecule has 0 radical (unpaired) electrons. The van der Waals surface area contributed by atoms with Crippen molar-refractivity contribution in [1.29, 1.82) is 0 Å². The number of hydrogen-bond donors (Lipinski definition) is 1. The third kappa shape index (κ3) is 3.35. The number of hydrogen-bond acceptors (Lipinski definition) is 1. The zero-order valence-electron chi connectivity index (χ0n) is 10.1. The molecule has 1 aromatic rings. The lowest BCUT2D eigenvalue weighted by molar-refractivity contribution is 0.0443. The maximum Gasteiger partial charge on any atom is 0.0871 e. The van der Waals surface area contributed by atoms with E-state index in [1.54, 1.807) is 0 Å². The third-order valence-electron chi connectivity index (χ3n) is 2.99. The molecule has 1 atom stereocenters. The molecule has 1 unspecified atom stereocenters. The number of rotatable bonds is 5. The van der Waals surface area contributed by atoms with Gasteiger partial charge >= 0.3 is 0 Å². The maximum atomic E-state index is 10.4. The van der Waals surface area contributed by atoms with Gasteiger partial charge in [-0.3, -0.25) is 0 Å². The van der Waals surface area contributed by atoms with Crippen LogP contribution >= 0.6 is 0 Å². The van der Waals surface area contributed by atoms with Gasteiger partial charge in [-0.25, -0.2) is 0 Å². The Labute approximate surface area is 93.1 Å². The third-order valence-corrected chi connectivity index (χ3v) is 2.99. The topological polar surface area (TPSA) is 20.2 Å². The number of benzene rings is 1. The summed E-state index contributed by atoms with van der Waals surface area (Å²) in [4.78, 5) is 0. The van der Waals surface area contributed by atoms with E-state index in [9.17, 15) is 5.11 Å². The molecule has 0 aromatic heterocycles. The fourth-order valence-electron chi connectivity index (χ4n) is 2.03. The summed E-state index contributed by atoms with van der Waals surface area (Å²) in [5.41, 5.74) is 1.58. The van der Waals surface area contributed by atoms with Crippen molar-refractivity contribution >= 4 is 0 Å². The first-order valence-electron chi connectivity index (χ1n) is 5.86. The standard InChI is InChI=1S/C14H22O/c1-4-5-8-11-14(3,15)13-10-7-6-9-12(13)2/h6-7,9-10,15H,4-5,8,11H2,1-3H3. The SMILES string of the molecule is CCCCCC(C)(O)c1ccccc1C. The lowest BCUT2D eigenvalue weighted by atomic mass is 9.87. The Morgan fingerprint density at radius 3 is 2.47 bits per heavy atom. The van der Waals surface area contributed by atoms with Crippen molar-refractivity contribution in [2.45, 2.75) is 52.1 Å². The minimum atomic E-state index is -0.666. The van der Waals surface area contributed by atoms with Crippen LogP contribution in [-0.2, 0) is 5.60 Å². The maximum absolute atomic E-state index is 10.4. The Morgan fingerprint density at radius 1 is 1.20 bits per heavy atom. The van der Waals surface area contributed by atoms with Crippen molar-refractivity contribution in [1.82, 2.24) is 0 Å². The molecule has 0 aliphatic heterocycles. The molecule has 1 heteroatoms. The summed E-state index contributed by atoms with van der Waals surface area (Å²) < 4.78 is 0. The van der Waals surface area contributed by atoms with Crippen molar-refractivity contribution < 1.29 is 5.11 Å². The normalized spacial score (nSPS) is 14.9. The highest BCUT2D eigenvalue weighted by Crippen LogP contribution is 2.29. The fraction of sp³-hybridized carbons (Fsp3) is 0.571. The van der Waals surface area contributed by atoms with Gasteiger partial charge in [0.25, 0.3) is 0 Å². The van der Waals surface area contributed by atoms with E-state index in [-0.39, 0.29) is 0 Å². The monoisotopic (exact) mass is 206 g/mol.